The smallest absolute Gasteiger partial charge is 0.229 e. The molecule has 5 atom stereocenters. The molecule has 1 fully saturated rings. The Kier molecular flexibility index (Phi) is 5.04. The van der Waals surface area contributed by atoms with E-state index in [2.05, 4.69) is 4.98 Å². The van der Waals surface area contributed by atoms with Crippen LogP contribution < -0.4 is 10.5 Å². The second-order valence-corrected chi connectivity index (χ2v) is 5.88. The molecule has 1 saturated heterocycles. The van der Waals surface area contributed by atoms with Gasteiger partial charge in [-0.1, -0.05) is 0 Å². The van der Waals surface area contributed by atoms with Crippen molar-refractivity contribution in [3.63, 3.8) is 0 Å². The minimum absolute atomic E-state index is 0.435. The molecule has 8 nitrogen and oxygen atoms in total. The minimum Gasteiger partial charge on any atom is -0.462 e. The molecule has 1 aliphatic heterocycles. The van der Waals surface area contributed by atoms with Crippen LogP contribution in [0.4, 0.5) is 0 Å². The summed E-state index contributed by atoms with van der Waals surface area (Å²) in [6, 6.07) is 5.32. The van der Waals surface area contributed by atoms with Crippen LogP contribution in [-0.4, -0.2) is 69.3 Å². The molecule has 1 unspecified atom stereocenters. The zero-order valence-corrected chi connectivity index (χ0v) is 13.0. The molecular formula is C16H22N2O6. The van der Waals surface area contributed by atoms with E-state index in [0.29, 0.717) is 18.7 Å². The van der Waals surface area contributed by atoms with Crippen LogP contribution >= 0.6 is 0 Å². The number of aromatic amines is 1. The summed E-state index contributed by atoms with van der Waals surface area (Å²) in [4.78, 5) is 3.14. The van der Waals surface area contributed by atoms with E-state index < -0.39 is 37.3 Å². The Morgan fingerprint density at radius 2 is 1.96 bits per heavy atom. The Hall–Kier alpha value is -1.68. The van der Waals surface area contributed by atoms with Gasteiger partial charge in [0, 0.05) is 17.1 Å². The van der Waals surface area contributed by atoms with E-state index in [9.17, 15) is 20.4 Å². The molecule has 0 bridgehead atoms. The van der Waals surface area contributed by atoms with E-state index in [1.165, 1.54) is 0 Å². The van der Waals surface area contributed by atoms with Crippen LogP contribution in [0.25, 0.3) is 10.9 Å². The normalized spacial score (nSPS) is 30.6. The van der Waals surface area contributed by atoms with Gasteiger partial charge in [-0.2, -0.15) is 0 Å². The van der Waals surface area contributed by atoms with Gasteiger partial charge in [0.1, 0.15) is 30.2 Å². The molecule has 1 aromatic heterocycles. The second kappa shape index (κ2) is 7.06. The number of nitrogens with one attached hydrogen (secondary N) is 1. The van der Waals surface area contributed by atoms with Crippen molar-refractivity contribution in [2.24, 2.45) is 5.73 Å². The number of hydrogen-bond donors (Lipinski definition) is 6. The number of hydrogen-bond acceptors (Lipinski definition) is 7. The summed E-state index contributed by atoms with van der Waals surface area (Å²) in [6.07, 6.45) is -3.92. The lowest BCUT2D eigenvalue weighted by Crippen LogP contribution is -2.60. The van der Waals surface area contributed by atoms with Gasteiger partial charge in [0.2, 0.25) is 6.29 Å². The highest BCUT2D eigenvalue weighted by Crippen LogP contribution is 2.28. The third kappa shape index (κ3) is 3.12. The number of aliphatic hydroxyl groups excluding tert-OH is 4. The second-order valence-electron chi connectivity index (χ2n) is 5.88. The number of H-pyrrole nitrogens is 1. The van der Waals surface area contributed by atoms with Gasteiger partial charge in [-0.05, 0) is 36.7 Å². The first-order valence-electron chi connectivity index (χ1n) is 7.82. The Labute approximate surface area is 138 Å². The molecule has 2 heterocycles. The zero-order valence-electron chi connectivity index (χ0n) is 13.0. The number of rotatable bonds is 5. The van der Waals surface area contributed by atoms with Crippen LogP contribution in [0, 0.1) is 0 Å². The van der Waals surface area contributed by atoms with Crippen LogP contribution in [0.2, 0.25) is 0 Å². The summed E-state index contributed by atoms with van der Waals surface area (Å²) in [6.45, 7) is 0.0209. The maximum absolute atomic E-state index is 10.0. The lowest BCUT2D eigenvalue weighted by Gasteiger charge is -2.39. The van der Waals surface area contributed by atoms with Crippen LogP contribution in [0.5, 0.6) is 5.75 Å². The van der Waals surface area contributed by atoms with Crippen molar-refractivity contribution >= 4 is 10.9 Å². The molecule has 1 aliphatic rings. The van der Waals surface area contributed by atoms with Gasteiger partial charge < -0.3 is 40.6 Å². The Morgan fingerprint density at radius 1 is 1.17 bits per heavy atom. The molecule has 0 radical (unpaired) electrons. The summed E-state index contributed by atoms with van der Waals surface area (Å²) in [5, 5.41) is 39.8. The third-order valence-corrected chi connectivity index (χ3v) is 4.25. The van der Waals surface area contributed by atoms with Gasteiger partial charge in [-0.3, -0.25) is 0 Å². The van der Waals surface area contributed by atoms with Crippen molar-refractivity contribution in [2.75, 3.05) is 13.2 Å². The number of aromatic nitrogens is 1. The highest BCUT2D eigenvalue weighted by molar-refractivity contribution is 5.84. The van der Waals surface area contributed by atoms with Crippen molar-refractivity contribution in [3.8, 4) is 5.75 Å². The van der Waals surface area contributed by atoms with Crippen LogP contribution in [0.15, 0.2) is 24.4 Å². The first-order valence-corrected chi connectivity index (χ1v) is 7.82. The zero-order chi connectivity index (χ0) is 17.3. The first kappa shape index (κ1) is 17.2. The molecule has 3 rings (SSSR count). The predicted molar refractivity (Wildman–Crippen MR) is 85.5 cm³/mol. The Balaban J connectivity index is 1.82. The van der Waals surface area contributed by atoms with E-state index in [1.54, 1.807) is 12.1 Å². The molecule has 0 aliphatic carbocycles. The average molecular weight is 338 g/mol. The van der Waals surface area contributed by atoms with Gasteiger partial charge in [0.25, 0.3) is 0 Å². The van der Waals surface area contributed by atoms with E-state index in [4.69, 9.17) is 15.2 Å². The molecule has 0 saturated carbocycles. The minimum atomic E-state index is -1.47. The van der Waals surface area contributed by atoms with Gasteiger partial charge in [0.15, 0.2) is 0 Å². The van der Waals surface area contributed by atoms with Crippen molar-refractivity contribution in [1.82, 2.24) is 4.98 Å². The first-order chi connectivity index (χ1) is 11.5. The van der Waals surface area contributed by atoms with Crippen LogP contribution in [0.3, 0.4) is 0 Å². The lowest BCUT2D eigenvalue weighted by atomic mass is 9.99. The number of nitrogens with two attached hydrogens (primary N) is 1. The van der Waals surface area contributed by atoms with Crippen LogP contribution in [-0.2, 0) is 11.2 Å². The van der Waals surface area contributed by atoms with Crippen molar-refractivity contribution in [1.29, 1.82) is 0 Å². The molecule has 7 N–H and O–H groups in total. The topological polar surface area (TPSA) is 141 Å². The van der Waals surface area contributed by atoms with Gasteiger partial charge in [0.05, 0.1) is 6.61 Å². The number of aliphatic hydroxyl groups is 4. The summed E-state index contributed by atoms with van der Waals surface area (Å²) in [7, 11) is 0. The predicted octanol–water partition coefficient (Wildman–Crippen LogP) is -1.15. The standard InChI is InChI=1S/C16H22N2O6/c17-4-3-8-6-18-11-2-1-9(5-10(8)11)23-16-15(22)14(21)13(20)12(7-19)24-16/h1-2,5-6,12-16,18-22H,3-4,7,17H2/t12-,13-,14+,15-,16?/m1/s1. The molecule has 2 aromatic rings. The van der Waals surface area contributed by atoms with Gasteiger partial charge in [-0.15, -0.1) is 0 Å². The molecule has 0 amide bonds. The Morgan fingerprint density at radius 3 is 2.67 bits per heavy atom. The van der Waals surface area contributed by atoms with Crippen molar-refractivity contribution in [3.05, 3.63) is 30.0 Å². The van der Waals surface area contributed by atoms with Crippen molar-refractivity contribution < 1.29 is 29.9 Å². The summed E-state index contributed by atoms with van der Waals surface area (Å²) in [5.41, 5.74) is 7.58. The molecular weight excluding hydrogens is 316 g/mol. The van der Waals surface area contributed by atoms with E-state index in [-0.39, 0.29) is 0 Å². The average Bonchev–Trinajstić information content (AvgIpc) is 2.98. The SMILES string of the molecule is NCCc1c[nH]c2ccc(OC3O[C@H](CO)[C@@H](O)[C@H](O)[C@H]3O)cc12. The van der Waals surface area contributed by atoms with E-state index in [0.717, 1.165) is 16.5 Å². The number of ether oxygens (including phenoxy) is 2. The van der Waals surface area contributed by atoms with Gasteiger partial charge in [-0.25, -0.2) is 0 Å². The summed E-state index contributed by atoms with van der Waals surface area (Å²) in [5.74, 6) is 0.435. The fraction of sp³-hybridized carbons (Fsp3) is 0.500. The maximum Gasteiger partial charge on any atom is 0.229 e. The molecule has 8 heteroatoms. The maximum atomic E-state index is 10.0. The van der Waals surface area contributed by atoms with Crippen molar-refractivity contribution in [2.45, 2.75) is 37.1 Å². The lowest BCUT2D eigenvalue weighted by molar-refractivity contribution is -0.277. The molecule has 0 spiro atoms. The van der Waals surface area contributed by atoms with Gasteiger partial charge >= 0.3 is 0 Å². The highest BCUT2D eigenvalue weighted by atomic mass is 16.7. The fourth-order valence-electron chi connectivity index (χ4n) is 2.89. The monoisotopic (exact) mass is 338 g/mol. The van der Waals surface area contributed by atoms with E-state index in [1.807, 2.05) is 12.3 Å². The molecule has 24 heavy (non-hydrogen) atoms. The number of benzene rings is 1. The summed E-state index contributed by atoms with van der Waals surface area (Å²) >= 11 is 0. The summed E-state index contributed by atoms with van der Waals surface area (Å²) < 4.78 is 11.0. The Bertz CT molecular complexity index is 688. The number of fused-ring (bicyclic) bond motifs is 1. The highest BCUT2D eigenvalue weighted by Gasteiger charge is 2.44. The molecule has 1 aromatic carbocycles. The largest absolute Gasteiger partial charge is 0.462 e. The quantitative estimate of drug-likeness (QED) is 0.404. The van der Waals surface area contributed by atoms with E-state index >= 15 is 0 Å². The van der Waals surface area contributed by atoms with Crippen LogP contribution in [0.1, 0.15) is 5.56 Å². The molecule has 132 valence electrons. The fourth-order valence-corrected chi connectivity index (χ4v) is 2.89. The third-order valence-electron chi connectivity index (χ3n) is 4.25.